The lowest BCUT2D eigenvalue weighted by molar-refractivity contribution is 0.0940. The SMILES string of the molecule is Cc1ccc(-c2cc(C(=O)NCc3nc(-c4cccs4)no3)nn2C)cc1C. The van der Waals surface area contributed by atoms with Gasteiger partial charge in [0.2, 0.25) is 11.7 Å². The molecule has 0 saturated heterocycles. The number of thiophene rings is 1. The number of aryl methyl sites for hydroxylation is 3. The summed E-state index contributed by atoms with van der Waals surface area (Å²) in [5.41, 5.74) is 4.67. The normalized spacial score (nSPS) is 11.0. The van der Waals surface area contributed by atoms with Crippen molar-refractivity contribution in [2.75, 3.05) is 0 Å². The molecule has 8 heteroatoms. The number of nitrogens with zero attached hydrogens (tertiary/aromatic N) is 4. The van der Waals surface area contributed by atoms with Crippen molar-refractivity contribution in [1.82, 2.24) is 25.2 Å². The molecule has 0 aliphatic rings. The Morgan fingerprint density at radius 1 is 1.21 bits per heavy atom. The van der Waals surface area contributed by atoms with E-state index in [-0.39, 0.29) is 12.5 Å². The molecular weight excluding hydrogens is 374 g/mol. The highest BCUT2D eigenvalue weighted by atomic mass is 32.1. The number of benzene rings is 1. The van der Waals surface area contributed by atoms with Gasteiger partial charge in [-0.25, -0.2) is 0 Å². The van der Waals surface area contributed by atoms with Crippen LogP contribution < -0.4 is 5.32 Å². The summed E-state index contributed by atoms with van der Waals surface area (Å²) in [6.45, 7) is 4.28. The minimum atomic E-state index is -0.290. The molecule has 142 valence electrons. The van der Waals surface area contributed by atoms with E-state index < -0.39 is 0 Å². The average Bonchev–Trinajstić information content (AvgIpc) is 3.42. The van der Waals surface area contributed by atoms with Gasteiger partial charge in [-0.15, -0.1) is 11.3 Å². The second kappa shape index (κ2) is 7.40. The van der Waals surface area contributed by atoms with Crippen LogP contribution in [0.2, 0.25) is 0 Å². The summed E-state index contributed by atoms with van der Waals surface area (Å²) in [6.07, 6.45) is 0. The zero-order valence-corrected chi connectivity index (χ0v) is 16.6. The maximum atomic E-state index is 12.5. The van der Waals surface area contributed by atoms with E-state index in [1.54, 1.807) is 10.7 Å². The monoisotopic (exact) mass is 393 g/mol. The van der Waals surface area contributed by atoms with E-state index in [4.69, 9.17) is 4.52 Å². The van der Waals surface area contributed by atoms with Gasteiger partial charge in [0.25, 0.3) is 5.91 Å². The van der Waals surface area contributed by atoms with Crippen molar-refractivity contribution in [2.45, 2.75) is 20.4 Å². The van der Waals surface area contributed by atoms with E-state index >= 15 is 0 Å². The molecule has 4 aromatic rings. The summed E-state index contributed by atoms with van der Waals surface area (Å²) in [4.78, 5) is 17.7. The molecule has 1 N–H and O–H groups in total. The van der Waals surface area contributed by atoms with Gasteiger partial charge in [0.05, 0.1) is 17.1 Å². The molecule has 3 heterocycles. The van der Waals surface area contributed by atoms with Gasteiger partial charge in [0.15, 0.2) is 5.69 Å². The minimum Gasteiger partial charge on any atom is -0.342 e. The zero-order chi connectivity index (χ0) is 19.7. The Balaban J connectivity index is 1.46. The van der Waals surface area contributed by atoms with Crippen molar-refractivity contribution in [1.29, 1.82) is 0 Å². The van der Waals surface area contributed by atoms with Crippen LogP contribution in [0.25, 0.3) is 22.0 Å². The maximum Gasteiger partial charge on any atom is 0.272 e. The minimum absolute atomic E-state index is 0.146. The van der Waals surface area contributed by atoms with Crippen molar-refractivity contribution in [3.05, 3.63) is 64.5 Å². The Kier molecular flexibility index (Phi) is 4.79. The first-order valence-corrected chi connectivity index (χ1v) is 9.65. The molecule has 3 aromatic heterocycles. The van der Waals surface area contributed by atoms with Crippen LogP contribution in [0.3, 0.4) is 0 Å². The second-order valence-corrected chi connectivity index (χ2v) is 7.46. The molecule has 0 radical (unpaired) electrons. The largest absolute Gasteiger partial charge is 0.342 e. The lowest BCUT2D eigenvalue weighted by atomic mass is 10.0. The molecule has 0 spiro atoms. The summed E-state index contributed by atoms with van der Waals surface area (Å²) < 4.78 is 6.91. The van der Waals surface area contributed by atoms with Gasteiger partial charge >= 0.3 is 0 Å². The summed E-state index contributed by atoms with van der Waals surface area (Å²) in [7, 11) is 1.83. The third-order valence-corrected chi connectivity index (χ3v) is 5.39. The number of hydrogen-bond acceptors (Lipinski definition) is 6. The Morgan fingerprint density at radius 3 is 2.82 bits per heavy atom. The van der Waals surface area contributed by atoms with Crippen molar-refractivity contribution < 1.29 is 9.32 Å². The predicted molar refractivity (Wildman–Crippen MR) is 107 cm³/mol. The number of carbonyl (C=O) groups is 1. The second-order valence-electron chi connectivity index (χ2n) is 6.51. The predicted octanol–water partition coefficient (Wildman–Crippen LogP) is 3.75. The Hall–Kier alpha value is -3.26. The average molecular weight is 393 g/mol. The molecule has 28 heavy (non-hydrogen) atoms. The first-order valence-electron chi connectivity index (χ1n) is 8.77. The highest BCUT2D eigenvalue weighted by molar-refractivity contribution is 7.13. The van der Waals surface area contributed by atoms with Gasteiger partial charge in [-0.05, 0) is 48.6 Å². The van der Waals surface area contributed by atoms with Crippen molar-refractivity contribution in [2.24, 2.45) is 7.05 Å². The summed E-state index contributed by atoms with van der Waals surface area (Å²) in [5, 5.41) is 13.0. The molecule has 0 bridgehead atoms. The van der Waals surface area contributed by atoms with Gasteiger partial charge < -0.3 is 9.84 Å². The van der Waals surface area contributed by atoms with Crippen LogP contribution in [-0.2, 0) is 13.6 Å². The van der Waals surface area contributed by atoms with Crippen molar-refractivity contribution in [3.8, 4) is 22.0 Å². The third-order valence-electron chi connectivity index (χ3n) is 4.52. The lowest BCUT2D eigenvalue weighted by Gasteiger charge is -2.05. The number of nitrogens with one attached hydrogen (secondary N) is 1. The Morgan fingerprint density at radius 2 is 2.07 bits per heavy atom. The number of hydrogen-bond donors (Lipinski definition) is 1. The smallest absolute Gasteiger partial charge is 0.272 e. The van der Waals surface area contributed by atoms with Gasteiger partial charge in [0, 0.05) is 12.6 Å². The van der Waals surface area contributed by atoms with Gasteiger partial charge in [-0.3, -0.25) is 9.48 Å². The zero-order valence-electron chi connectivity index (χ0n) is 15.8. The fourth-order valence-electron chi connectivity index (χ4n) is 2.83. The summed E-state index contributed by atoms with van der Waals surface area (Å²) in [5.74, 6) is 0.581. The lowest BCUT2D eigenvalue weighted by Crippen LogP contribution is -2.23. The van der Waals surface area contributed by atoms with Gasteiger partial charge in [-0.1, -0.05) is 23.4 Å². The van der Waals surface area contributed by atoms with Crippen molar-refractivity contribution in [3.63, 3.8) is 0 Å². The van der Waals surface area contributed by atoms with Crippen LogP contribution in [0.1, 0.15) is 27.5 Å². The topological polar surface area (TPSA) is 85.8 Å². The van der Waals surface area contributed by atoms with Crippen LogP contribution in [0.4, 0.5) is 0 Å². The Bertz CT molecular complexity index is 1130. The summed E-state index contributed by atoms with van der Waals surface area (Å²) >= 11 is 1.53. The summed E-state index contributed by atoms with van der Waals surface area (Å²) in [6, 6.07) is 11.8. The highest BCUT2D eigenvalue weighted by Gasteiger charge is 2.16. The third kappa shape index (κ3) is 3.59. The fourth-order valence-corrected chi connectivity index (χ4v) is 3.48. The fraction of sp³-hybridized carbons (Fsp3) is 0.200. The number of carbonyl (C=O) groups excluding carboxylic acids is 1. The molecule has 0 aliphatic heterocycles. The quantitative estimate of drug-likeness (QED) is 0.558. The first kappa shape index (κ1) is 18.1. The van der Waals surface area contributed by atoms with Crippen LogP contribution in [0.5, 0.6) is 0 Å². The molecule has 4 rings (SSSR count). The molecule has 1 amide bonds. The highest BCUT2D eigenvalue weighted by Crippen LogP contribution is 2.23. The standard InChI is InChI=1S/C20H19N5O2S/c1-12-6-7-14(9-13(12)2)16-10-15(23-25(16)3)20(26)21-11-18-22-19(24-27-18)17-5-4-8-28-17/h4-10H,11H2,1-3H3,(H,21,26). The molecule has 0 atom stereocenters. The molecule has 7 nitrogen and oxygen atoms in total. The van der Waals surface area contributed by atoms with E-state index in [1.807, 2.05) is 30.6 Å². The Labute approximate surface area is 166 Å². The van der Waals surface area contributed by atoms with Crippen LogP contribution in [0, 0.1) is 13.8 Å². The number of rotatable bonds is 5. The molecule has 0 aliphatic carbocycles. The van der Waals surface area contributed by atoms with E-state index in [1.165, 1.54) is 22.5 Å². The maximum absolute atomic E-state index is 12.5. The molecule has 1 aromatic carbocycles. The van der Waals surface area contributed by atoms with Gasteiger partial charge in [-0.2, -0.15) is 10.1 Å². The van der Waals surface area contributed by atoms with Crippen LogP contribution >= 0.6 is 11.3 Å². The van der Waals surface area contributed by atoms with E-state index in [0.29, 0.717) is 17.4 Å². The molecule has 0 unspecified atom stereocenters. The van der Waals surface area contributed by atoms with Crippen LogP contribution in [-0.4, -0.2) is 25.8 Å². The first-order chi connectivity index (χ1) is 13.5. The van der Waals surface area contributed by atoms with Gasteiger partial charge in [0.1, 0.15) is 0 Å². The van der Waals surface area contributed by atoms with E-state index in [9.17, 15) is 4.79 Å². The molecule has 0 saturated carbocycles. The molecule has 0 fully saturated rings. The number of amides is 1. The number of aromatic nitrogens is 4. The van der Waals surface area contributed by atoms with Crippen LogP contribution in [0.15, 0.2) is 46.3 Å². The van der Waals surface area contributed by atoms with Crippen molar-refractivity contribution >= 4 is 17.2 Å². The molecular formula is C20H19N5O2S. The van der Waals surface area contributed by atoms with E-state index in [2.05, 4.69) is 46.5 Å². The van der Waals surface area contributed by atoms with E-state index in [0.717, 1.165) is 16.1 Å².